The minimum absolute atomic E-state index is 0.318. The first-order valence-electron chi connectivity index (χ1n) is 4.00. The van der Waals surface area contributed by atoms with E-state index in [1.165, 1.54) is 4.88 Å². The molecule has 2 aromatic rings. The normalized spacial score (nSPS) is 10.8. The molecule has 0 amide bonds. The van der Waals surface area contributed by atoms with Gasteiger partial charge in [-0.05, 0) is 29.7 Å². The van der Waals surface area contributed by atoms with Crippen LogP contribution in [0.3, 0.4) is 0 Å². The van der Waals surface area contributed by atoms with E-state index >= 15 is 0 Å². The molecule has 0 aliphatic carbocycles. The minimum atomic E-state index is 0.318. The maximum absolute atomic E-state index is 9.24. The maximum atomic E-state index is 9.24. The summed E-state index contributed by atoms with van der Waals surface area (Å²) in [5, 5.41) is 10.4. The maximum Gasteiger partial charge on any atom is 0.117 e. The SMILES string of the molecule is COCc1cc2ccc(O)cc2s1. The topological polar surface area (TPSA) is 29.5 Å². The summed E-state index contributed by atoms with van der Waals surface area (Å²) in [4.78, 5) is 1.18. The van der Waals surface area contributed by atoms with Gasteiger partial charge in [0.1, 0.15) is 5.75 Å². The van der Waals surface area contributed by atoms with E-state index in [9.17, 15) is 5.11 Å². The smallest absolute Gasteiger partial charge is 0.117 e. The van der Waals surface area contributed by atoms with Crippen molar-refractivity contribution in [1.29, 1.82) is 0 Å². The Morgan fingerprint density at radius 3 is 3.00 bits per heavy atom. The van der Waals surface area contributed by atoms with Crippen molar-refractivity contribution in [2.24, 2.45) is 0 Å². The third kappa shape index (κ3) is 1.66. The molecule has 2 rings (SSSR count). The summed E-state index contributed by atoms with van der Waals surface area (Å²) in [6.45, 7) is 0.639. The second-order valence-electron chi connectivity index (χ2n) is 2.87. The molecule has 0 spiro atoms. The largest absolute Gasteiger partial charge is 0.508 e. The zero-order chi connectivity index (χ0) is 9.26. The lowest BCUT2D eigenvalue weighted by molar-refractivity contribution is 0.187. The van der Waals surface area contributed by atoms with Crippen molar-refractivity contribution in [2.45, 2.75) is 6.61 Å². The van der Waals surface area contributed by atoms with E-state index in [0.29, 0.717) is 12.4 Å². The summed E-state index contributed by atoms with van der Waals surface area (Å²) in [6.07, 6.45) is 0. The van der Waals surface area contributed by atoms with Crippen LogP contribution in [-0.2, 0) is 11.3 Å². The highest BCUT2D eigenvalue weighted by molar-refractivity contribution is 7.19. The fraction of sp³-hybridized carbons (Fsp3) is 0.200. The molecular weight excluding hydrogens is 184 g/mol. The number of hydrogen-bond donors (Lipinski definition) is 1. The lowest BCUT2D eigenvalue weighted by atomic mass is 10.2. The Hall–Kier alpha value is -1.06. The lowest BCUT2D eigenvalue weighted by Gasteiger charge is -1.89. The number of methoxy groups -OCH3 is 1. The Kier molecular flexibility index (Phi) is 2.20. The van der Waals surface area contributed by atoms with E-state index in [2.05, 4.69) is 6.07 Å². The number of ether oxygens (including phenoxy) is 1. The van der Waals surface area contributed by atoms with Crippen molar-refractivity contribution in [3.05, 3.63) is 29.1 Å². The molecule has 1 heterocycles. The highest BCUT2D eigenvalue weighted by atomic mass is 32.1. The molecule has 0 aliphatic heterocycles. The van der Waals surface area contributed by atoms with Crippen LogP contribution in [0, 0.1) is 0 Å². The van der Waals surface area contributed by atoms with E-state index in [1.807, 2.05) is 6.07 Å². The molecule has 68 valence electrons. The van der Waals surface area contributed by atoms with Crippen LogP contribution in [0.2, 0.25) is 0 Å². The highest BCUT2D eigenvalue weighted by Crippen LogP contribution is 2.28. The first-order chi connectivity index (χ1) is 6.29. The quantitative estimate of drug-likeness (QED) is 0.796. The van der Waals surface area contributed by atoms with E-state index in [0.717, 1.165) is 10.1 Å². The van der Waals surface area contributed by atoms with Crippen LogP contribution in [0.15, 0.2) is 24.3 Å². The molecule has 1 N–H and O–H groups in total. The number of phenols is 1. The second kappa shape index (κ2) is 3.36. The van der Waals surface area contributed by atoms with E-state index in [1.54, 1.807) is 30.6 Å². The number of thiophene rings is 1. The molecule has 2 nitrogen and oxygen atoms in total. The van der Waals surface area contributed by atoms with Crippen LogP contribution < -0.4 is 0 Å². The van der Waals surface area contributed by atoms with Crippen LogP contribution in [0.5, 0.6) is 5.75 Å². The van der Waals surface area contributed by atoms with Crippen molar-refractivity contribution in [2.75, 3.05) is 7.11 Å². The summed E-state index contributed by atoms with van der Waals surface area (Å²) < 4.78 is 6.14. The van der Waals surface area contributed by atoms with E-state index in [-0.39, 0.29) is 0 Å². The predicted octanol–water partition coefficient (Wildman–Crippen LogP) is 2.75. The van der Waals surface area contributed by atoms with Crippen LogP contribution >= 0.6 is 11.3 Å². The van der Waals surface area contributed by atoms with Crippen LogP contribution in [0.1, 0.15) is 4.88 Å². The standard InChI is InChI=1S/C10H10O2S/c1-12-6-9-4-7-2-3-8(11)5-10(7)13-9/h2-5,11H,6H2,1H3. The average molecular weight is 194 g/mol. The molecule has 0 radical (unpaired) electrons. The lowest BCUT2D eigenvalue weighted by Crippen LogP contribution is -1.79. The zero-order valence-electron chi connectivity index (χ0n) is 7.28. The third-order valence-corrected chi connectivity index (χ3v) is 2.91. The summed E-state index contributed by atoms with van der Waals surface area (Å²) >= 11 is 1.65. The molecular formula is C10H10O2S. The Labute approximate surface area is 80.4 Å². The van der Waals surface area contributed by atoms with Gasteiger partial charge in [0.05, 0.1) is 6.61 Å². The van der Waals surface area contributed by atoms with Gasteiger partial charge in [-0.25, -0.2) is 0 Å². The van der Waals surface area contributed by atoms with Crippen LogP contribution in [0.25, 0.3) is 10.1 Å². The van der Waals surface area contributed by atoms with Crippen molar-refractivity contribution in [1.82, 2.24) is 0 Å². The van der Waals surface area contributed by atoms with Crippen molar-refractivity contribution >= 4 is 21.4 Å². The summed E-state index contributed by atoms with van der Waals surface area (Å²) in [6, 6.07) is 7.48. The Morgan fingerprint density at radius 2 is 2.23 bits per heavy atom. The molecule has 0 aliphatic rings. The number of fused-ring (bicyclic) bond motifs is 1. The summed E-state index contributed by atoms with van der Waals surface area (Å²) in [5.74, 6) is 0.318. The van der Waals surface area contributed by atoms with Gasteiger partial charge in [0, 0.05) is 16.7 Å². The third-order valence-electron chi connectivity index (χ3n) is 1.84. The fourth-order valence-corrected chi connectivity index (χ4v) is 2.36. The van der Waals surface area contributed by atoms with E-state index in [4.69, 9.17) is 4.74 Å². The molecule has 0 fully saturated rings. The van der Waals surface area contributed by atoms with Crippen LogP contribution in [0.4, 0.5) is 0 Å². The molecule has 1 aromatic carbocycles. The first kappa shape index (κ1) is 8.53. The molecule has 3 heteroatoms. The van der Waals surface area contributed by atoms with Gasteiger partial charge in [-0.15, -0.1) is 11.3 Å². The average Bonchev–Trinajstić information content (AvgIpc) is 2.46. The van der Waals surface area contributed by atoms with Crippen molar-refractivity contribution in [3.8, 4) is 5.75 Å². The van der Waals surface area contributed by atoms with Crippen LogP contribution in [-0.4, -0.2) is 12.2 Å². The Balaban J connectivity index is 2.49. The summed E-state index contributed by atoms with van der Waals surface area (Å²) in [5.41, 5.74) is 0. The molecule has 13 heavy (non-hydrogen) atoms. The number of rotatable bonds is 2. The van der Waals surface area contributed by atoms with Gasteiger partial charge in [-0.2, -0.15) is 0 Å². The molecule has 0 unspecified atom stereocenters. The number of benzene rings is 1. The second-order valence-corrected chi connectivity index (χ2v) is 4.04. The molecule has 0 bridgehead atoms. The fourth-order valence-electron chi connectivity index (χ4n) is 1.29. The van der Waals surface area contributed by atoms with Gasteiger partial charge in [-0.3, -0.25) is 0 Å². The number of aromatic hydroxyl groups is 1. The minimum Gasteiger partial charge on any atom is -0.508 e. The highest BCUT2D eigenvalue weighted by Gasteiger charge is 2.01. The van der Waals surface area contributed by atoms with Gasteiger partial charge >= 0.3 is 0 Å². The zero-order valence-corrected chi connectivity index (χ0v) is 8.10. The van der Waals surface area contributed by atoms with Gasteiger partial charge in [0.25, 0.3) is 0 Å². The van der Waals surface area contributed by atoms with Gasteiger partial charge in [0.2, 0.25) is 0 Å². The Bertz CT molecular complexity index is 420. The Morgan fingerprint density at radius 1 is 1.38 bits per heavy atom. The van der Waals surface area contributed by atoms with Crippen molar-refractivity contribution < 1.29 is 9.84 Å². The van der Waals surface area contributed by atoms with Crippen molar-refractivity contribution in [3.63, 3.8) is 0 Å². The number of phenolic OH excluding ortho intramolecular Hbond substituents is 1. The molecule has 0 atom stereocenters. The molecule has 0 saturated carbocycles. The predicted molar refractivity (Wildman–Crippen MR) is 54.2 cm³/mol. The molecule has 1 aromatic heterocycles. The molecule has 0 saturated heterocycles. The first-order valence-corrected chi connectivity index (χ1v) is 4.81. The van der Waals surface area contributed by atoms with Gasteiger partial charge < -0.3 is 9.84 Å². The van der Waals surface area contributed by atoms with Gasteiger partial charge in [-0.1, -0.05) is 0 Å². The number of hydrogen-bond acceptors (Lipinski definition) is 3. The van der Waals surface area contributed by atoms with E-state index < -0.39 is 0 Å². The van der Waals surface area contributed by atoms with Gasteiger partial charge in [0.15, 0.2) is 0 Å². The monoisotopic (exact) mass is 194 g/mol. The summed E-state index contributed by atoms with van der Waals surface area (Å²) in [7, 11) is 1.68.